The van der Waals surface area contributed by atoms with Crippen molar-refractivity contribution < 1.29 is 0 Å². The Morgan fingerprint density at radius 2 is 1.93 bits per heavy atom. The first-order valence-corrected chi connectivity index (χ1v) is 5.36. The number of rotatable bonds is 3. The molecule has 1 aliphatic carbocycles. The van der Waals surface area contributed by atoms with Crippen molar-refractivity contribution in [2.24, 2.45) is 10.9 Å². The Morgan fingerprint density at radius 3 is 2.50 bits per heavy atom. The van der Waals surface area contributed by atoms with Gasteiger partial charge in [-0.2, -0.15) is 0 Å². The number of hydrogen-bond acceptors (Lipinski definition) is 1. The predicted molar refractivity (Wildman–Crippen MR) is 60.7 cm³/mol. The third kappa shape index (κ3) is 2.22. The smallest absolute Gasteiger partial charge is 0.0720 e. The molecule has 0 spiro atoms. The zero-order valence-corrected chi connectivity index (χ0v) is 8.90. The lowest BCUT2D eigenvalue weighted by atomic mass is 10.1. The standard InChI is InChI=1S/C13H17N/c1-10(12-6-4-3-5-7-12)14-11(2)13-8-9-13/h3-7,10,13H,8-9H2,1-2H3. The largest absolute Gasteiger partial charge is 0.286 e. The quantitative estimate of drug-likeness (QED) is 0.641. The molecule has 1 aromatic rings. The highest BCUT2D eigenvalue weighted by Crippen LogP contribution is 2.31. The summed E-state index contributed by atoms with van der Waals surface area (Å²) < 4.78 is 0. The third-order valence-electron chi connectivity index (χ3n) is 2.85. The molecule has 74 valence electrons. The Labute approximate surface area is 85.9 Å². The fourth-order valence-electron chi connectivity index (χ4n) is 1.72. The van der Waals surface area contributed by atoms with Gasteiger partial charge in [0.2, 0.25) is 0 Å². The van der Waals surface area contributed by atoms with Gasteiger partial charge in [-0.1, -0.05) is 30.3 Å². The van der Waals surface area contributed by atoms with Gasteiger partial charge < -0.3 is 0 Å². The molecule has 0 radical (unpaired) electrons. The maximum Gasteiger partial charge on any atom is 0.0720 e. The van der Waals surface area contributed by atoms with Crippen molar-refractivity contribution in [1.82, 2.24) is 0 Å². The lowest BCUT2D eigenvalue weighted by Gasteiger charge is -2.08. The van der Waals surface area contributed by atoms with E-state index in [9.17, 15) is 0 Å². The zero-order valence-electron chi connectivity index (χ0n) is 8.90. The molecule has 0 N–H and O–H groups in total. The molecule has 1 aliphatic rings. The lowest BCUT2D eigenvalue weighted by molar-refractivity contribution is 0.810. The van der Waals surface area contributed by atoms with E-state index in [-0.39, 0.29) is 0 Å². The molecular weight excluding hydrogens is 170 g/mol. The van der Waals surface area contributed by atoms with Crippen molar-refractivity contribution >= 4 is 5.71 Å². The molecule has 1 atom stereocenters. The molecule has 0 heterocycles. The summed E-state index contributed by atoms with van der Waals surface area (Å²) in [5.74, 6) is 0.793. The van der Waals surface area contributed by atoms with Gasteiger partial charge in [0, 0.05) is 5.71 Å². The molecule has 1 fully saturated rings. The molecule has 0 aliphatic heterocycles. The summed E-state index contributed by atoms with van der Waals surface area (Å²) in [4.78, 5) is 4.73. The van der Waals surface area contributed by atoms with Crippen LogP contribution in [0.15, 0.2) is 35.3 Å². The first-order valence-electron chi connectivity index (χ1n) is 5.36. The molecule has 1 unspecified atom stereocenters. The van der Waals surface area contributed by atoms with Crippen LogP contribution < -0.4 is 0 Å². The van der Waals surface area contributed by atoms with Crippen LogP contribution in [0.4, 0.5) is 0 Å². The Kier molecular flexibility index (Phi) is 2.67. The van der Waals surface area contributed by atoms with Crippen molar-refractivity contribution in [3.63, 3.8) is 0 Å². The van der Waals surface area contributed by atoms with Crippen LogP contribution in [0.2, 0.25) is 0 Å². The number of benzene rings is 1. The maximum absolute atomic E-state index is 4.73. The van der Waals surface area contributed by atoms with Crippen LogP contribution in [0.5, 0.6) is 0 Å². The summed E-state index contributed by atoms with van der Waals surface area (Å²) >= 11 is 0. The molecule has 14 heavy (non-hydrogen) atoms. The van der Waals surface area contributed by atoms with Crippen molar-refractivity contribution in [2.75, 3.05) is 0 Å². The van der Waals surface area contributed by atoms with Gasteiger partial charge in [0.1, 0.15) is 0 Å². The second-order valence-electron chi connectivity index (χ2n) is 4.13. The van der Waals surface area contributed by atoms with E-state index in [0.29, 0.717) is 6.04 Å². The average molecular weight is 187 g/mol. The minimum absolute atomic E-state index is 0.316. The third-order valence-corrected chi connectivity index (χ3v) is 2.85. The van der Waals surface area contributed by atoms with Crippen molar-refractivity contribution in [3.05, 3.63) is 35.9 Å². The molecule has 0 aromatic heterocycles. The molecule has 2 rings (SSSR count). The second kappa shape index (κ2) is 3.95. The van der Waals surface area contributed by atoms with Crippen LogP contribution in [-0.2, 0) is 0 Å². The highest BCUT2D eigenvalue weighted by Gasteiger charge is 2.24. The molecule has 0 amide bonds. The van der Waals surface area contributed by atoms with Gasteiger partial charge in [-0.05, 0) is 38.2 Å². The highest BCUT2D eigenvalue weighted by molar-refractivity contribution is 5.86. The first kappa shape index (κ1) is 9.45. The summed E-state index contributed by atoms with van der Waals surface area (Å²) in [5.41, 5.74) is 2.65. The van der Waals surface area contributed by atoms with Gasteiger partial charge in [0.05, 0.1) is 6.04 Å². The Hall–Kier alpha value is -1.11. The van der Waals surface area contributed by atoms with Crippen molar-refractivity contribution in [3.8, 4) is 0 Å². The summed E-state index contributed by atoms with van der Waals surface area (Å²) in [6.07, 6.45) is 2.69. The second-order valence-corrected chi connectivity index (χ2v) is 4.13. The minimum atomic E-state index is 0.316. The number of aliphatic imine (C=N–C) groups is 1. The van der Waals surface area contributed by atoms with Crippen LogP contribution in [0, 0.1) is 5.92 Å². The van der Waals surface area contributed by atoms with Gasteiger partial charge in [0.15, 0.2) is 0 Å². The van der Waals surface area contributed by atoms with E-state index in [4.69, 9.17) is 4.99 Å². The monoisotopic (exact) mass is 187 g/mol. The SMILES string of the molecule is CC(=NC(C)c1ccccc1)C1CC1. The van der Waals surface area contributed by atoms with E-state index < -0.39 is 0 Å². The number of nitrogens with zero attached hydrogens (tertiary/aromatic N) is 1. The molecule has 0 bridgehead atoms. The summed E-state index contributed by atoms with van der Waals surface area (Å²) in [6, 6.07) is 10.8. The van der Waals surface area contributed by atoms with Gasteiger partial charge in [-0.15, -0.1) is 0 Å². The van der Waals surface area contributed by atoms with Crippen molar-refractivity contribution in [2.45, 2.75) is 32.7 Å². The van der Waals surface area contributed by atoms with Crippen LogP contribution in [-0.4, -0.2) is 5.71 Å². The summed E-state index contributed by atoms with van der Waals surface area (Å²) in [5, 5.41) is 0. The van der Waals surface area contributed by atoms with Crippen LogP contribution in [0.25, 0.3) is 0 Å². The molecule has 1 aromatic carbocycles. The fraction of sp³-hybridized carbons (Fsp3) is 0.462. The van der Waals surface area contributed by atoms with E-state index in [1.165, 1.54) is 24.1 Å². The van der Waals surface area contributed by atoms with E-state index >= 15 is 0 Å². The molecule has 1 heteroatoms. The Balaban J connectivity index is 2.08. The molecule has 0 saturated heterocycles. The first-order chi connectivity index (χ1) is 6.77. The van der Waals surface area contributed by atoms with Crippen LogP contribution >= 0.6 is 0 Å². The zero-order chi connectivity index (χ0) is 9.97. The molecule has 1 saturated carbocycles. The predicted octanol–water partition coefficient (Wildman–Crippen LogP) is 3.62. The normalized spacial score (nSPS) is 19.4. The van der Waals surface area contributed by atoms with E-state index in [2.05, 4.69) is 38.1 Å². The maximum atomic E-state index is 4.73. The average Bonchev–Trinajstić information content (AvgIpc) is 3.02. The number of hydrogen-bond donors (Lipinski definition) is 0. The summed E-state index contributed by atoms with van der Waals surface area (Å²) in [7, 11) is 0. The van der Waals surface area contributed by atoms with Crippen LogP contribution in [0.1, 0.15) is 38.3 Å². The van der Waals surface area contributed by atoms with Crippen LogP contribution in [0.3, 0.4) is 0 Å². The lowest BCUT2D eigenvalue weighted by Crippen LogP contribution is -1.98. The Bertz CT molecular complexity index is 322. The summed E-state index contributed by atoms with van der Waals surface area (Å²) in [6.45, 7) is 4.33. The van der Waals surface area contributed by atoms with Gasteiger partial charge >= 0.3 is 0 Å². The Morgan fingerprint density at radius 1 is 1.29 bits per heavy atom. The van der Waals surface area contributed by atoms with E-state index in [1.54, 1.807) is 0 Å². The minimum Gasteiger partial charge on any atom is -0.286 e. The van der Waals surface area contributed by atoms with Crippen molar-refractivity contribution in [1.29, 1.82) is 0 Å². The topological polar surface area (TPSA) is 12.4 Å². The highest BCUT2D eigenvalue weighted by atomic mass is 14.8. The molecular formula is C13H17N. The fourth-order valence-corrected chi connectivity index (χ4v) is 1.72. The van der Waals surface area contributed by atoms with Gasteiger partial charge in [-0.25, -0.2) is 0 Å². The molecule has 1 nitrogen and oxygen atoms in total. The van der Waals surface area contributed by atoms with Gasteiger partial charge in [-0.3, -0.25) is 4.99 Å². The van der Waals surface area contributed by atoms with Gasteiger partial charge in [0.25, 0.3) is 0 Å². The van der Waals surface area contributed by atoms with E-state index in [1.807, 2.05) is 6.07 Å². The van der Waals surface area contributed by atoms with E-state index in [0.717, 1.165) is 5.92 Å².